The first-order valence-corrected chi connectivity index (χ1v) is 6.88. The Kier molecular flexibility index (Phi) is 4.34. The molecule has 5 nitrogen and oxygen atoms in total. The van der Waals surface area contributed by atoms with Crippen molar-refractivity contribution in [1.82, 2.24) is 9.59 Å². The van der Waals surface area contributed by atoms with E-state index in [1.54, 1.807) is 6.07 Å². The summed E-state index contributed by atoms with van der Waals surface area (Å²) in [5, 5.41) is 16.2. The fraction of sp³-hybridized carbons (Fsp3) is 0.250. The van der Waals surface area contributed by atoms with Gasteiger partial charge in [-0.25, -0.2) is 0 Å². The van der Waals surface area contributed by atoms with Crippen LogP contribution in [0.5, 0.6) is 5.75 Å². The highest BCUT2D eigenvalue weighted by Gasteiger charge is 2.16. The van der Waals surface area contributed by atoms with E-state index in [1.807, 2.05) is 6.92 Å². The van der Waals surface area contributed by atoms with Gasteiger partial charge in [-0.2, -0.15) is 0 Å². The molecule has 0 aliphatic heterocycles. The van der Waals surface area contributed by atoms with E-state index < -0.39 is 0 Å². The number of anilines is 1. The molecule has 1 amide bonds. The van der Waals surface area contributed by atoms with Crippen LogP contribution in [0, 0.1) is 0 Å². The van der Waals surface area contributed by atoms with Crippen LogP contribution in [0.4, 0.5) is 5.69 Å². The zero-order chi connectivity index (χ0) is 13.8. The van der Waals surface area contributed by atoms with Crippen LogP contribution in [0.15, 0.2) is 18.2 Å². The lowest BCUT2D eigenvalue weighted by Crippen LogP contribution is -2.12. The van der Waals surface area contributed by atoms with Gasteiger partial charge in [-0.3, -0.25) is 4.79 Å². The molecule has 1 aromatic heterocycles. The van der Waals surface area contributed by atoms with Crippen LogP contribution >= 0.6 is 23.1 Å². The number of hydrogen-bond acceptors (Lipinski definition) is 5. The lowest BCUT2D eigenvalue weighted by Gasteiger charge is -2.06. The van der Waals surface area contributed by atoms with Crippen molar-refractivity contribution in [3.05, 3.63) is 33.8 Å². The van der Waals surface area contributed by atoms with E-state index >= 15 is 0 Å². The van der Waals surface area contributed by atoms with Crippen molar-refractivity contribution in [2.75, 3.05) is 5.32 Å². The highest BCUT2D eigenvalue weighted by Crippen LogP contribution is 2.27. The minimum atomic E-state index is -0.286. The fourth-order valence-corrected chi connectivity index (χ4v) is 2.39. The number of phenols is 1. The molecule has 0 saturated carbocycles. The number of aromatic hydroxyl groups is 1. The molecule has 2 aromatic rings. The quantitative estimate of drug-likeness (QED) is 0.850. The molecular weight excluding hydrogens is 286 g/mol. The predicted molar refractivity (Wildman–Crippen MR) is 75.0 cm³/mol. The Labute approximate surface area is 119 Å². The number of aromatic nitrogens is 2. The van der Waals surface area contributed by atoms with Crippen molar-refractivity contribution in [2.24, 2.45) is 0 Å². The summed E-state index contributed by atoms with van der Waals surface area (Å²) in [5.41, 5.74) is 1.14. The van der Waals surface area contributed by atoms with Gasteiger partial charge in [-0.1, -0.05) is 29.4 Å². The molecular formula is C12H12ClN3O2S. The van der Waals surface area contributed by atoms with Gasteiger partial charge in [0.15, 0.2) is 0 Å². The van der Waals surface area contributed by atoms with Gasteiger partial charge in [0, 0.05) is 6.07 Å². The van der Waals surface area contributed by atoms with Crippen molar-refractivity contribution in [2.45, 2.75) is 19.8 Å². The molecule has 2 N–H and O–H groups in total. The molecule has 0 spiro atoms. The third kappa shape index (κ3) is 3.21. The molecule has 100 valence electrons. The number of aryl methyl sites for hydroxylation is 1. The summed E-state index contributed by atoms with van der Waals surface area (Å²) in [7, 11) is 0. The molecule has 7 heteroatoms. The molecule has 0 radical (unpaired) electrons. The van der Waals surface area contributed by atoms with Crippen LogP contribution in [0.1, 0.15) is 28.7 Å². The number of halogens is 1. The summed E-state index contributed by atoms with van der Waals surface area (Å²) in [4.78, 5) is 12.6. The van der Waals surface area contributed by atoms with Crippen molar-refractivity contribution in [3.63, 3.8) is 0 Å². The maximum Gasteiger partial charge on any atom is 0.269 e. The summed E-state index contributed by atoms with van der Waals surface area (Å²) in [5.74, 6) is -0.236. The summed E-state index contributed by atoms with van der Waals surface area (Å²) in [6, 6.07) is 4.37. The summed E-state index contributed by atoms with van der Waals surface area (Å²) >= 11 is 6.99. The van der Waals surface area contributed by atoms with Gasteiger partial charge in [0.2, 0.25) is 0 Å². The van der Waals surface area contributed by atoms with E-state index in [-0.39, 0.29) is 16.7 Å². The zero-order valence-corrected chi connectivity index (χ0v) is 11.8. The second-order valence-corrected chi connectivity index (χ2v) is 5.08. The van der Waals surface area contributed by atoms with Crippen LogP contribution in [0.3, 0.4) is 0 Å². The first kappa shape index (κ1) is 13.8. The summed E-state index contributed by atoms with van der Waals surface area (Å²) < 4.78 is 3.80. The number of carbonyl (C=O) groups excluding carboxylic acids is 1. The van der Waals surface area contributed by atoms with E-state index in [0.717, 1.165) is 18.0 Å². The SMILES string of the molecule is CCCc1nnsc1C(=O)Nc1ccc(O)cc1Cl. The third-order valence-electron chi connectivity index (χ3n) is 2.45. The van der Waals surface area contributed by atoms with Crippen molar-refractivity contribution < 1.29 is 9.90 Å². The predicted octanol–water partition coefficient (Wildman–Crippen LogP) is 3.10. The minimum Gasteiger partial charge on any atom is -0.508 e. The standard InChI is InChI=1S/C12H12ClN3O2S/c1-2-3-10-11(19-16-15-10)12(18)14-9-5-4-7(17)6-8(9)13/h4-6,17H,2-3H2,1H3,(H,14,18). The number of carbonyl (C=O) groups is 1. The van der Waals surface area contributed by atoms with Gasteiger partial charge in [-0.15, -0.1) is 5.10 Å². The number of rotatable bonds is 4. The summed E-state index contributed by atoms with van der Waals surface area (Å²) in [6.45, 7) is 2.01. The Morgan fingerprint density at radius 2 is 2.32 bits per heavy atom. The summed E-state index contributed by atoms with van der Waals surface area (Å²) in [6.07, 6.45) is 1.61. The second-order valence-electron chi connectivity index (χ2n) is 3.92. The maximum absolute atomic E-state index is 12.1. The molecule has 0 fully saturated rings. The van der Waals surface area contributed by atoms with Gasteiger partial charge in [-0.05, 0) is 30.1 Å². The minimum absolute atomic E-state index is 0.0501. The van der Waals surface area contributed by atoms with Gasteiger partial charge in [0.05, 0.1) is 16.4 Å². The monoisotopic (exact) mass is 297 g/mol. The van der Waals surface area contributed by atoms with E-state index in [2.05, 4.69) is 14.9 Å². The highest BCUT2D eigenvalue weighted by atomic mass is 35.5. The number of benzene rings is 1. The van der Waals surface area contributed by atoms with Gasteiger partial charge in [0.1, 0.15) is 10.6 Å². The molecule has 1 aromatic carbocycles. The average molecular weight is 298 g/mol. The number of hydrogen-bond donors (Lipinski definition) is 2. The molecule has 0 atom stereocenters. The Hall–Kier alpha value is -1.66. The van der Waals surface area contributed by atoms with Gasteiger partial charge >= 0.3 is 0 Å². The molecule has 0 bridgehead atoms. The van der Waals surface area contributed by atoms with Crippen LogP contribution in [0.25, 0.3) is 0 Å². The normalized spacial score (nSPS) is 10.4. The number of nitrogens with one attached hydrogen (secondary N) is 1. The van der Waals surface area contributed by atoms with Crippen molar-refractivity contribution in [3.8, 4) is 5.75 Å². The smallest absolute Gasteiger partial charge is 0.269 e. The molecule has 19 heavy (non-hydrogen) atoms. The van der Waals surface area contributed by atoms with Gasteiger partial charge < -0.3 is 10.4 Å². The Balaban J connectivity index is 2.18. The first-order valence-electron chi connectivity index (χ1n) is 5.73. The molecule has 0 aliphatic rings. The molecule has 0 saturated heterocycles. The number of amides is 1. The molecule has 1 heterocycles. The van der Waals surface area contributed by atoms with Gasteiger partial charge in [0.25, 0.3) is 5.91 Å². The van der Waals surface area contributed by atoms with Crippen LogP contribution in [-0.2, 0) is 6.42 Å². The number of phenolic OH excluding ortho intramolecular Hbond substituents is 1. The average Bonchev–Trinajstić information content (AvgIpc) is 2.81. The topological polar surface area (TPSA) is 75.1 Å². The van der Waals surface area contributed by atoms with Crippen LogP contribution in [-0.4, -0.2) is 20.6 Å². The molecule has 2 rings (SSSR count). The maximum atomic E-state index is 12.1. The molecule has 0 unspecified atom stereocenters. The fourth-order valence-electron chi connectivity index (χ4n) is 1.57. The largest absolute Gasteiger partial charge is 0.508 e. The van der Waals surface area contributed by atoms with E-state index in [9.17, 15) is 9.90 Å². The highest BCUT2D eigenvalue weighted by molar-refractivity contribution is 7.08. The lowest BCUT2D eigenvalue weighted by atomic mass is 10.2. The van der Waals surface area contributed by atoms with E-state index in [0.29, 0.717) is 22.7 Å². The second kappa shape index (κ2) is 5.99. The first-order chi connectivity index (χ1) is 9.11. The molecule has 0 aliphatic carbocycles. The van der Waals surface area contributed by atoms with Crippen molar-refractivity contribution >= 4 is 34.7 Å². The Bertz CT molecular complexity index is 600. The Morgan fingerprint density at radius 1 is 1.53 bits per heavy atom. The van der Waals surface area contributed by atoms with Crippen LogP contribution < -0.4 is 5.32 Å². The van der Waals surface area contributed by atoms with E-state index in [1.165, 1.54) is 12.1 Å². The van der Waals surface area contributed by atoms with Crippen LogP contribution in [0.2, 0.25) is 5.02 Å². The van der Waals surface area contributed by atoms with Crippen molar-refractivity contribution in [1.29, 1.82) is 0 Å². The van der Waals surface area contributed by atoms with E-state index in [4.69, 9.17) is 11.6 Å². The third-order valence-corrected chi connectivity index (χ3v) is 3.53. The zero-order valence-electron chi connectivity index (χ0n) is 10.2. The number of nitrogens with zero attached hydrogens (tertiary/aromatic N) is 2. The Morgan fingerprint density at radius 3 is 3.00 bits per heavy atom. The lowest BCUT2D eigenvalue weighted by molar-refractivity contribution is 0.102.